The molecule has 5 N–H and O–H groups in total. The summed E-state index contributed by atoms with van der Waals surface area (Å²) in [7, 11) is 2.69. The highest BCUT2D eigenvalue weighted by Crippen LogP contribution is 2.19. The van der Waals surface area contributed by atoms with Crippen LogP contribution >= 0.6 is 15.9 Å². The van der Waals surface area contributed by atoms with Crippen LogP contribution in [0.25, 0.3) is 11.3 Å². The van der Waals surface area contributed by atoms with Gasteiger partial charge in [-0.1, -0.05) is 0 Å². The van der Waals surface area contributed by atoms with Crippen LogP contribution in [0.5, 0.6) is 11.8 Å². The molecule has 4 rings (SSSR count). The number of rotatable bonds is 6. The molecule has 0 aliphatic heterocycles. The molecular formula is C26H29BrF2N6O8. The number of methoxy groups -OCH3 is 2. The first kappa shape index (κ1) is 34.6. The number of hydrogen-bond donors (Lipinski definition) is 4. The Hall–Kier alpha value is -4.64. The van der Waals surface area contributed by atoms with Crippen molar-refractivity contribution in [3.63, 3.8) is 0 Å². The summed E-state index contributed by atoms with van der Waals surface area (Å²) in [6.45, 7) is 5.73. The molecule has 4 aromatic heterocycles. The summed E-state index contributed by atoms with van der Waals surface area (Å²) in [6.07, 6.45) is 2.74. The predicted octanol–water partition coefficient (Wildman–Crippen LogP) is 2.53. The van der Waals surface area contributed by atoms with Gasteiger partial charge < -0.3 is 30.7 Å². The Bertz CT molecular complexity index is 1790. The van der Waals surface area contributed by atoms with E-state index < -0.39 is 45.8 Å². The summed E-state index contributed by atoms with van der Waals surface area (Å²) in [5.41, 5.74) is 1.66. The number of aromatic nitrogens is 4. The van der Waals surface area contributed by atoms with Gasteiger partial charge in [-0.05, 0) is 49.7 Å². The molecule has 0 amide bonds. The van der Waals surface area contributed by atoms with E-state index in [0.29, 0.717) is 4.47 Å². The lowest BCUT2D eigenvalue weighted by Gasteiger charge is -2.22. The quantitative estimate of drug-likeness (QED) is 0.234. The lowest BCUT2D eigenvalue weighted by atomic mass is 10.1. The van der Waals surface area contributed by atoms with Crippen molar-refractivity contribution in [2.24, 2.45) is 5.73 Å². The van der Waals surface area contributed by atoms with E-state index in [0.717, 1.165) is 20.9 Å². The molecule has 232 valence electrons. The van der Waals surface area contributed by atoms with Gasteiger partial charge in [0.25, 0.3) is 11.1 Å². The van der Waals surface area contributed by atoms with Crippen LogP contribution in [-0.4, -0.2) is 66.2 Å². The zero-order valence-corrected chi connectivity index (χ0v) is 25.4. The van der Waals surface area contributed by atoms with E-state index in [9.17, 15) is 28.0 Å². The fourth-order valence-corrected chi connectivity index (χ4v) is 3.35. The van der Waals surface area contributed by atoms with Gasteiger partial charge in [-0.2, -0.15) is 9.97 Å². The van der Waals surface area contributed by atoms with Gasteiger partial charge in [0.1, 0.15) is 11.1 Å². The highest BCUT2D eigenvalue weighted by Gasteiger charge is 2.27. The molecule has 17 heteroatoms. The third-order valence-electron chi connectivity index (χ3n) is 5.31. The van der Waals surface area contributed by atoms with Crippen molar-refractivity contribution >= 4 is 44.9 Å². The van der Waals surface area contributed by atoms with Gasteiger partial charge in [0, 0.05) is 22.9 Å². The highest BCUT2D eigenvalue weighted by atomic mass is 79.9. The second-order valence-electron chi connectivity index (χ2n) is 9.83. The molecule has 0 aliphatic carbocycles. The first-order chi connectivity index (χ1) is 19.8. The van der Waals surface area contributed by atoms with Gasteiger partial charge in [0.2, 0.25) is 11.8 Å². The average molecular weight is 671 g/mol. The molecule has 0 aliphatic rings. The number of carbonyl (C=O) groups is 2. The minimum atomic E-state index is -1.32. The fourth-order valence-electron chi connectivity index (χ4n) is 2.94. The number of halogens is 3. The van der Waals surface area contributed by atoms with Crippen LogP contribution in [-0.2, 0) is 9.59 Å². The van der Waals surface area contributed by atoms with E-state index in [-0.39, 0.29) is 28.7 Å². The number of nitrogens with zero attached hydrogens (tertiary/aromatic N) is 4. The van der Waals surface area contributed by atoms with Crippen LogP contribution in [0.15, 0.2) is 50.7 Å². The van der Waals surface area contributed by atoms with E-state index in [4.69, 9.17) is 25.4 Å². The number of nitrogens with one attached hydrogen (secondary N) is 1. The number of pyridine rings is 2. The molecule has 43 heavy (non-hydrogen) atoms. The molecule has 0 fully saturated rings. The summed E-state index contributed by atoms with van der Waals surface area (Å²) in [5, 5.41) is 19.8. The largest absolute Gasteiger partial charge is 0.481 e. The minimum absolute atomic E-state index is 0.00507. The molecule has 0 saturated heterocycles. The Labute approximate surface area is 250 Å². The van der Waals surface area contributed by atoms with Gasteiger partial charge in [-0.15, -0.1) is 0 Å². The molecule has 0 saturated carbocycles. The summed E-state index contributed by atoms with van der Waals surface area (Å²) in [5.74, 6) is -3.33. The lowest BCUT2D eigenvalue weighted by Crippen LogP contribution is -2.41. The number of hydrogen-bond acceptors (Lipinski definition) is 10. The Morgan fingerprint density at radius 2 is 1.28 bits per heavy atom. The van der Waals surface area contributed by atoms with Crippen LogP contribution in [0.2, 0.25) is 0 Å². The number of anilines is 1. The monoisotopic (exact) mass is 670 g/mol. The zero-order valence-electron chi connectivity index (χ0n) is 23.8. The number of nitrogens with two attached hydrogens (primary N) is 1. The van der Waals surface area contributed by atoms with Crippen molar-refractivity contribution in [3.8, 4) is 11.8 Å². The maximum Gasteiger partial charge on any atom is 0.328 e. The molecule has 0 bridgehead atoms. The van der Waals surface area contributed by atoms with Crippen LogP contribution in [0.3, 0.4) is 0 Å². The number of carboxylic acids is 2. The van der Waals surface area contributed by atoms with E-state index >= 15 is 0 Å². The second kappa shape index (κ2) is 13.6. The van der Waals surface area contributed by atoms with E-state index in [2.05, 4.69) is 31.2 Å². The van der Waals surface area contributed by atoms with Crippen LogP contribution in [0, 0.1) is 11.6 Å². The predicted molar refractivity (Wildman–Crippen MR) is 155 cm³/mol. The Morgan fingerprint density at radius 3 is 1.67 bits per heavy atom. The van der Waals surface area contributed by atoms with Crippen LogP contribution in [0.1, 0.15) is 27.7 Å². The highest BCUT2D eigenvalue weighted by molar-refractivity contribution is 9.10. The molecule has 4 heterocycles. The summed E-state index contributed by atoms with van der Waals surface area (Å²) < 4.78 is 39.7. The van der Waals surface area contributed by atoms with Crippen LogP contribution < -0.4 is 31.6 Å². The number of ether oxygens (including phenoxy) is 2. The lowest BCUT2D eigenvalue weighted by molar-refractivity contribution is -0.142. The molecule has 0 spiro atoms. The summed E-state index contributed by atoms with van der Waals surface area (Å²) >= 11 is 3.09. The van der Waals surface area contributed by atoms with E-state index in [1.165, 1.54) is 66.4 Å². The number of aliphatic carboxylic acids is 2. The van der Waals surface area contributed by atoms with Crippen LogP contribution in [0.4, 0.5) is 14.5 Å². The van der Waals surface area contributed by atoms with Gasteiger partial charge in [-0.3, -0.25) is 23.2 Å². The first-order valence-electron chi connectivity index (χ1n) is 12.0. The zero-order chi connectivity index (χ0) is 32.9. The Morgan fingerprint density at radius 1 is 0.860 bits per heavy atom. The normalized spacial score (nSPS) is 11.1. The molecular weight excluding hydrogens is 642 g/mol. The van der Waals surface area contributed by atoms with Crippen molar-refractivity contribution in [2.75, 3.05) is 19.5 Å². The SMILES string of the molecule is CC(C)(N)C(=O)O.COc1cc(=O)n2cc(Br)cc(F)c2n1.COc1cc(=O)n2cc(NC(C)(C)C(=O)O)cc(F)c2n1. The maximum atomic E-state index is 14.1. The van der Waals surface area contributed by atoms with Crippen molar-refractivity contribution in [3.05, 3.63) is 73.5 Å². The Balaban J connectivity index is 0.000000255. The van der Waals surface area contributed by atoms with E-state index in [1.807, 2.05) is 0 Å². The van der Waals surface area contributed by atoms with Gasteiger partial charge in [-0.25, -0.2) is 13.6 Å². The summed E-state index contributed by atoms with van der Waals surface area (Å²) in [6, 6.07) is 4.62. The second-order valence-corrected chi connectivity index (χ2v) is 10.7. The third-order valence-corrected chi connectivity index (χ3v) is 5.75. The molecule has 4 aromatic rings. The average Bonchev–Trinajstić information content (AvgIpc) is 2.89. The van der Waals surface area contributed by atoms with Crippen molar-refractivity contribution in [1.29, 1.82) is 0 Å². The first-order valence-corrected chi connectivity index (χ1v) is 12.8. The number of carboxylic acid groups (broad SMARTS) is 2. The third kappa shape index (κ3) is 8.92. The summed E-state index contributed by atoms with van der Waals surface area (Å²) in [4.78, 5) is 52.1. The molecule has 0 unspecified atom stereocenters. The molecule has 0 aromatic carbocycles. The van der Waals surface area contributed by atoms with Gasteiger partial charge in [0.05, 0.1) is 32.0 Å². The molecule has 14 nitrogen and oxygen atoms in total. The standard InChI is InChI=1S/C13H14FN3O4.C9H6BrFN2O2.C4H9NO2/c1-13(2,12(19)20)16-7-4-8(14)11-15-9(21-3)5-10(18)17(11)6-7;1-15-7-3-8(14)13-4-5(10)2-6(11)9(13)12-7;1-4(2,5)3(6)7/h4-6,16H,1-3H3,(H,19,20);2-4H,1H3;5H2,1-2H3,(H,6,7). The van der Waals surface area contributed by atoms with Gasteiger partial charge >= 0.3 is 11.9 Å². The van der Waals surface area contributed by atoms with E-state index in [1.54, 1.807) is 0 Å². The minimum Gasteiger partial charge on any atom is -0.481 e. The molecule has 0 atom stereocenters. The maximum absolute atomic E-state index is 14.1. The van der Waals surface area contributed by atoms with Crippen molar-refractivity contribution in [1.82, 2.24) is 18.8 Å². The molecule has 0 radical (unpaired) electrons. The van der Waals surface area contributed by atoms with Crippen molar-refractivity contribution < 1.29 is 38.1 Å². The topological polar surface area (TPSA) is 200 Å². The van der Waals surface area contributed by atoms with Crippen molar-refractivity contribution in [2.45, 2.75) is 38.8 Å². The van der Waals surface area contributed by atoms with Gasteiger partial charge in [0.15, 0.2) is 22.9 Å². The fraction of sp³-hybridized carbons (Fsp3) is 0.308. The number of fused-ring (bicyclic) bond motifs is 2. The smallest absolute Gasteiger partial charge is 0.328 e. The Kier molecular flexibility index (Phi) is 10.9.